The first kappa shape index (κ1) is 12.5. The van der Waals surface area contributed by atoms with Crippen molar-refractivity contribution < 1.29 is 12.6 Å². The van der Waals surface area contributed by atoms with Crippen molar-refractivity contribution >= 4 is 21.9 Å². The minimum absolute atomic E-state index is 0.339. The molecular weight excluding hydrogens is 286 g/mol. The molecule has 1 heterocycles. The Morgan fingerprint density at radius 2 is 1.89 bits per heavy atom. The van der Waals surface area contributed by atoms with Crippen molar-refractivity contribution in [2.24, 2.45) is 0 Å². The lowest BCUT2D eigenvalue weighted by atomic mass is 9.99. The number of fused-ring (bicyclic) bond motifs is 1. The van der Waals surface area contributed by atoms with Gasteiger partial charge in [0, 0.05) is 10.6 Å². The lowest BCUT2D eigenvalue weighted by Gasteiger charge is -2.26. The van der Waals surface area contributed by atoms with Gasteiger partial charge in [0.05, 0.1) is 6.04 Å². The van der Waals surface area contributed by atoms with Crippen LogP contribution in [0.15, 0.2) is 48.5 Å². The lowest BCUT2D eigenvalue weighted by Crippen LogP contribution is -2.37. The van der Waals surface area contributed by atoms with Gasteiger partial charge in [-0.3, -0.25) is 0 Å². The summed E-state index contributed by atoms with van der Waals surface area (Å²) in [6, 6.07) is 13.6. The van der Waals surface area contributed by atoms with Crippen molar-refractivity contribution in [2.75, 3.05) is 0 Å². The zero-order chi connectivity index (χ0) is 13.5. The molecule has 98 valence electrons. The van der Waals surface area contributed by atoms with Crippen molar-refractivity contribution in [1.82, 2.24) is 4.72 Å². The molecule has 0 fully saturated rings. The quantitative estimate of drug-likeness (QED) is 0.880. The number of para-hydroxylation sites is 1. The van der Waals surface area contributed by atoms with Gasteiger partial charge in [0.2, 0.25) is 0 Å². The van der Waals surface area contributed by atoms with Crippen molar-refractivity contribution in [3.8, 4) is 5.75 Å². The molecule has 0 saturated heterocycles. The van der Waals surface area contributed by atoms with Crippen molar-refractivity contribution in [2.45, 2.75) is 6.04 Å². The molecule has 1 atom stereocenters. The molecule has 0 radical (unpaired) electrons. The third-order valence-corrected chi connectivity index (χ3v) is 4.03. The minimum atomic E-state index is -3.80. The van der Waals surface area contributed by atoms with Crippen LogP contribution in [0.25, 0.3) is 0 Å². The van der Waals surface area contributed by atoms with E-state index in [0.29, 0.717) is 10.8 Å². The SMILES string of the molecule is O=S1(=O)NC(c2cccc(Cl)c2)c2ccccc2O1. The van der Waals surface area contributed by atoms with Gasteiger partial charge >= 0.3 is 10.3 Å². The maximum Gasteiger partial charge on any atom is 0.383 e. The van der Waals surface area contributed by atoms with Crippen molar-refractivity contribution in [3.63, 3.8) is 0 Å². The first-order chi connectivity index (χ1) is 9.05. The van der Waals surface area contributed by atoms with E-state index in [4.69, 9.17) is 15.8 Å². The second kappa shape index (κ2) is 4.52. The zero-order valence-electron chi connectivity index (χ0n) is 9.71. The van der Waals surface area contributed by atoms with E-state index in [1.165, 1.54) is 0 Å². The molecule has 1 aliphatic rings. The van der Waals surface area contributed by atoms with E-state index >= 15 is 0 Å². The molecule has 1 unspecified atom stereocenters. The Kier molecular flexibility index (Phi) is 2.97. The highest BCUT2D eigenvalue weighted by molar-refractivity contribution is 7.85. The molecular formula is C13H10ClNO3S. The fourth-order valence-corrected chi connectivity index (χ4v) is 3.27. The molecule has 0 bridgehead atoms. The number of hydrogen-bond acceptors (Lipinski definition) is 3. The summed E-state index contributed by atoms with van der Waals surface area (Å²) in [5.41, 5.74) is 1.53. The zero-order valence-corrected chi connectivity index (χ0v) is 11.3. The molecule has 2 aromatic carbocycles. The first-order valence-corrected chi connectivity index (χ1v) is 7.40. The molecule has 1 aliphatic heterocycles. The van der Waals surface area contributed by atoms with E-state index in [1.54, 1.807) is 30.3 Å². The monoisotopic (exact) mass is 295 g/mol. The molecule has 0 spiro atoms. The highest BCUT2D eigenvalue weighted by Gasteiger charge is 2.31. The van der Waals surface area contributed by atoms with Gasteiger partial charge in [0.25, 0.3) is 0 Å². The number of rotatable bonds is 1. The number of benzene rings is 2. The maximum atomic E-state index is 11.7. The van der Waals surface area contributed by atoms with Crippen LogP contribution in [0, 0.1) is 0 Å². The van der Waals surface area contributed by atoms with Crippen LogP contribution in [-0.2, 0) is 10.3 Å². The third kappa shape index (κ3) is 2.45. The smallest absolute Gasteiger partial charge is 0.371 e. The largest absolute Gasteiger partial charge is 0.383 e. The second-order valence-electron chi connectivity index (χ2n) is 4.18. The van der Waals surface area contributed by atoms with Gasteiger partial charge in [-0.2, -0.15) is 13.1 Å². The topological polar surface area (TPSA) is 55.4 Å². The summed E-state index contributed by atoms with van der Waals surface area (Å²) >= 11 is 5.95. The van der Waals surface area contributed by atoms with Crippen LogP contribution in [0.5, 0.6) is 5.75 Å². The molecule has 0 aromatic heterocycles. The van der Waals surface area contributed by atoms with Gasteiger partial charge in [-0.15, -0.1) is 0 Å². The lowest BCUT2D eigenvalue weighted by molar-refractivity contribution is 0.442. The van der Waals surface area contributed by atoms with E-state index in [0.717, 1.165) is 11.1 Å². The fraction of sp³-hybridized carbons (Fsp3) is 0.0769. The third-order valence-electron chi connectivity index (χ3n) is 2.87. The van der Waals surface area contributed by atoms with Gasteiger partial charge in [-0.1, -0.05) is 41.9 Å². The van der Waals surface area contributed by atoms with Crippen LogP contribution in [0.1, 0.15) is 17.2 Å². The summed E-state index contributed by atoms with van der Waals surface area (Å²) in [4.78, 5) is 0. The highest BCUT2D eigenvalue weighted by atomic mass is 35.5. The van der Waals surface area contributed by atoms with Crippen LogP contribution in [-0.4, -0.2) is 8.42 Å². The van der Waals surface area contributed by atoms with Crippen LogP contribution >= 0.6 is 11.6 Å². The Morgan fingerprint density at radius 1 is 1.11 bits per heavy atom. The molecule has 6 heteroatoms. The van der Waals surface area contributed by atoms with E-state index in [-0.39, 0.29) is 0 Å². The van der Waals surface area contributed by atoms with Crippen molar-refractivity contribution in [3.05, 3.63) is 64.7 Å². The Labute approximate surface area is 116 Å². The molecule has 1 N–H and O–H groups in total. The molecule has 2 aromatic rings. The molecule has 0 aliphatic carbocycles. The van der Waals surface area contributed by atoms with Gasteiger partial charge in [-0.25, -0.2) is 0 Å². The van der Waals surface area contributed by atoms with E-state index < -0.39 is 16.3 Å². The number of nitrogens with one attached hydrogen (secondary N) is 1. The first-order valence-electron chi connectivity index (χ1n) is 5.61. The Bertz CT molecular complexity index is 730. The standard InChI is InChI=1S/C13H10ClNO3S/c14-10-5-3-4-9(8-10)13-11-6-1-2-7-12(11)18-19(16,17)15-13/h1-8,13,15H. The summed E-state index contributed by atoms with van der Waals surface area (Å²) in [6.07, 6.45) is 0. The number of halogens is 1. The highest BCUT2D eigenvalue weighted by Crippen LogP contribution is 2.35. The normalized spacial score (nSPS) is 20.4. The summed E-state index contributed by atoms with van der Waals surface area (Å²) in [5, 5.41) is 0.556. The van der Waals surface area contributed by atoms with Gasteiger partial charge in [0.15, 0.2) is 0 Å². The van der Waals surface area contributed by atoms with E-state index in [2.05, 4.69) is 4.72 Å². The average Bonchev–Trinajstić information content (AvgIpc) is 2.36. The molecule has 3 rings (SSSR count). The van der Waals surface area contributed by atoms with Crippen LogP contribution in [0.2, 0.25) is 5.02 Å². The Hall–Kier alpha value is -1.56. The molecule has 19 heavy (non-hydrogen) atoms. The molecule has 0 saturated carbocycles. The maximum absolute atomic E-state index is 11.7. The second-order valence-corrected chi connectivity index (χ2v) is 5.93. The summed E-state index contributed by atoms with van der Waals surface area (Å²) in [7, 11) is -3.80. The van der Waals surface area contributed by atoms with Gasteiger partial charge < -0.3 is 4.18 Å². The van der Waals surface area contributed by atoms with Crippen LogP contribution < -0.4 is 8.91 Å². The Balaban J connectivity index is 2.16. The van der Waals surface area contributed by atoms with Gasteiger partial charge in [-0.05, 0) is 23.8 Å². The molecule has 0 amide bonds. The summed E-state index contributed by atoms with van der Waals surface area (Å²) in [5.74, 6) is 0.339. The average molecular weight is 296 g/mol. The van der Waals surface area contributed by atoms with Crippen LogP contribution in [0.4, 0.5) is 0 Å². The van der Waals surface area contributed by atoms with E-state index in [1.807, 2.05) is 18.2 Å². The summed E-state index contributed by atoms with van der Waals surface area (Å²) < 4.78 is 30.8. The van der Waals surface area contributed by atoms with Crippen molar-refractivity contribution in [1.29, 1.82) is 0 Å². The predicted octanol–water partition coefficient (Wildman–Crippen LogP) is 2.66. The molecule has 4 nitrogen and oxygen atoms in total. The minimum Gasteiger partial charge on any atom is -0.371 e. The van der Waals surface area contributed by atoms with Gasteiger partial charge in [0.1, 0.15) is 5.75 Å². The fourth-order valence-electron chi connectivity index (χ4n) is 2.08. The van der Waals surface area contributed by atoms with Crippen LogP contribution in [0.3, 0.4) is 0 Å². The predicted molar refractivity (Wildman–Crippen MR) is 72.4 cm³/mol. The summed E-state index contributed by atoms with van der Waals surface area (Å²) in [6.45, 7) is 0. The number of hydrogen-bond donors (Lipinski definition) is 1. The van der Waals surface area contributed by atoms with E-state index in [9.17, 15) is 8.42 Å². The Morgan fingerprint density at radius 3 is 2.68 bits per heavy atom.